The van der Waals surface area contributed by atoms with Crippen molar-refractivity contribution in [1.29, 1.82) is 0 Å². The first-order valence-electron chi connectivity index (χ1n) is 8.34. The molecule has 0 aromatic heterocycles. The molecule has 4 nitrogen and oxygen atoms in total. The number of amides is 1. The van der Waals surface area contributed by atoms with Gasteiger partial charge < -0.3 is 15.4 Å². The number of fused-ring (bicyclic) bond motifs is 2. The molecular weight excluding hydrogens is 276 g/mol. The van der Waals surface area contributed by atoms with Crippen LogP contribution in [0.5, 0.6) is 0 Å². The van der Waals surface area contributed by atoms with Crippen molar-refractivity contribution in [3.8, 4) is 0 Å². The van der Waals surface area contributed by atoms with Gasteiger partial charge in [0.05, 0.1) is 6.61 Å². The van der Waals surface area contributed by atoms with Crippen LogP contribution in [0.25, 0.3) is 0 Å². The quantitative estimate of drug-likeness (QED) is 0.753. The Kier molecular flexibility index (Phi) is 4.79. The summed E-state index contributed by atoms with van der Waals surface area (Å²) in [5, 5.41) is 6.33. The molecule has 2 atom stereocenters. The fourth-order valence-electron chi connectivity index (χ4n) is 3.87. The molecule has 120 valence electrons. The van der Waals surface area contributed by atoms with Crippen LogP contribution in [0, 0.1) is 5.92 Å². The molecule has 22 heavy (non-hydrogen) atoms. The van der Waals surface area contributed by atoms with E-state index >= 15 is 0 Å². The normalized spacial score (nSPS) is 25.8. The highest BCUT2D eigenvalue weighted by molar-refractivity contribution is 5.84. The fourth-order valence-corrected chi connectivity index (χ4v) is 3.87. The van der Waals surface area contributed by atoms with Gasteiger partial charge in [-0.1, -0.05) is 24.3 Å². The molecule has 4 heteroatoms. The number of benzene rings is 1. The second-order valence-corrected chi connectivity index (χ2v) is 6.46. The zero-order chi connectivity index (χ0) is 15.4. The van der Waals surface area contributed by atoms with E-state index in [1.165, 1.54) is 17.5 Å². The Labute approximate surface area is 132 Å². The van der Waals surface area contributed by atoms with E-state index in [2.05, 4.69) is 34.9 Å². The van der Waals surface area contributed by atoms with Crippen molar-refractivity contribution in [2.45, 2.75) is 31.1 Å². The number of aryl methyl sites for hydroxylation is 1. The van der Waals surface area contributed by atoms with Gasteiger partial charge in [0.15, 0.2) is 0 Å². The molecule has 1 aromatic rings. The number of hydrogen-bond donors (Lipinski definition) is 2. The molecule has 2 N–H and O–H groups in total. The monoisotopic (exact) mass is 302 g/mol. The Hall–Kier alpha value is -1.39. The Morgan fingerprint density at radius 2 is 2.18 bits per heavy atom. The largest absolute Gasteiger partial charge is 0.383 e. The minimum absolute atomic E-state index is 0.141. The van der Waals surface area contributed by atoms with Gasteiger partial charge in [-0.2, -0.15) is 0 Å². The second-order valence-electron chi connectivity index (χ2n) is 6.46. The lowest BCUT2D eigenvalue weighted by molar-refractivity contribution is -0.122. The lowest BCUT2D eigenvalue weighted by Gasteiger charge is -2.26. The minimum Gasteiger partial charge on any atom is -0.383 e. The first-order valence-corrected chi connectivity index (χ1v) is 8.34. The van der Waals surface area contributed by atoms with Gasteiger partial charge in [-0.15, -0.1) is 0 Å². The van der Waals surface area contributed by atoms with Gasteiger partial charge in [0.1, 0.15) is 0 Å². The van der Waals surface area contributed by atoms with Crippen LogP contribution in [-0.4, -0.2) is 39.3 Å². The van der Waals surface area contributed by atoms with Gasteiger partial charge in [-0.05, 0) is 36.8 Å². The lowest BCUT2D eigenvalue weighted by Crippen LogP contribution is -2.35. The van der Waals surface area contributed by atoms with E-state index in [0.717, 1.165) is 32.4 Å². The lowest BCUT2D eigenvalue weighted by atomic mass is 9.78. The third kappa shape index (κ3) is 3.03. The first kappa shape index (κ1) is 15.5. The average molecular weight is 302 g/mol. The van der Waals surface area contributed by atoms with Crippen molar-refractivity contribution in [1.82, 2.24) is 10.6 Å². The summed E-state index contributed by atoms with van der Waals surface area (Å²) in [5.74, 6) is 0.401. The summed E-state index contributed by atoms with van der Waals surface area (Å²) >= 11 is 0. The summed E-state index contributed by atoms with van der Waals surface area (Å²) < 4.78 is 4.98. The van der Waals surface area contributed by atoms with Crippen molar-refractivity contribution in [2.75, 3.05) is 33.4 Å². The van der Waals surface area contributed by atoms with E-state index in [4.69, 9.17) is 4.74 Å². The third-order valence-electron chi connectivity index (χ3n) is 5.10. The van der Waals surface area contributed by atoms with Gasteiger partial charge in [0.2, 0.25) is 5.91 Å². The summed E-state index contributed by atoms with van der Waals surface area (Å²) in [7, 11) is 1.69. The zero-order valence-corrected chi connectivity index (χ0v) is 13.4. The maximum Gasteiger partial charge on any atom is 0.224 e. The van der Waals surface area contributed by atoms with Gasteiger partial charge in [-0.3, -0.25) is 4.79 Å². The Bertz CT molecular complexity index is 532. The second kappa shape index (κ2) is 6.80. The van der Waals surface area contributed by atoms with Crippen LogP contribution in [0.15, 0.2) is 24.3 Å². The highest BCUT2D eigenvalue weighted by Gasteiger charge is 2.59. The van der Waals surface area contributed by atoms with Crippen molar-refractivity contribution in [2.24, 2.45) is 5.92 Å². The molecule has 2 aliphatic rings. The number of carbonyl (C=O) groups is 1. The smallest absolute Gasteiger partial charge is 0.224 e. The number of rotatable bonds is 7. The van der Waals surface area contributed by atoms with Crippen LogP contribution in [-0.2, 0) is 21.4 Å². The molecule has 3 rings (SSSR count). The summed E-state index contributed by atoms with van der Waals surface area (Å²) in [6.45, 7) is 3.02. The summed E-state index contributed by atoms with van der Waals surface area (Å²) in [5.41, 5.74) is 3.02. The van der Waals surface area contributed by atoms with Crippen LogP contribution < -0.4 is 10.6 Å². The van der Waals surface area contributed by atoms with E-state index in [1.54, 1.807) is 7.11 Å². The Morgan fingerprint density at radius 1 is 1.32 bits per heavy atom. The fraction of sp³-hybridized carbons (Fsp3) is 0.611. The first-order chi connectivity index (χ1) is 10.8. The van der Waals surface area contributed by atoms with Crippen LogP contribution in [0.4, 0.5) is 0 Å². The summed E-state index contributed by atoms with van der Waals surface area (Å²) in [6.07, 6.45) is 4.55. The molecule has 1 amide bonds. The van der Waals surface area contributed by atoms with E-state index in [-0.39, 0.29) is 17.2 Å². The van der Waals surface area contributed by atoms with Crippen LogP contribution in [0.1, 0.15) is 30.4 Å². The van der Waals surface area contributed by atoms with Crippen molar-refractivity contribution in [3.05, 3.63) is 35.4 Å². The highest BCUT2D eigenvalue weighted by atomic mass is 16.5. The molecule has 0 radical (unpaired) electrons. The number of hydrogen-bond acceptors (Lipinski definition) is 3. The van der Waals surface area contributed by atoms with Crippen molar-refractivity contribution >= 4 is 5.91 Å². The van der Waals surface area contributed by atoms with Crippen molar-refractivity contribution in [3.63, 3.8) is 0 Å². The number of carbonyl (C=O) groups excluding carboxylic acids is 1. The predicted octanol–water partition coefficient (Wildman–Crippen LogP) is 1.63. The van der Waals surface area contributed by atoms with Gasteiger partial charge in [0, 0.05) is 38.1 Å². The van der Waals surface area contributed by atoms with E-state index in [9.17, 15) is 4.79 Å². The highest BCUT2D eigenvalue weighted by Crippen LogP contribution is 2.60. The molecule has 1 spiro atoms. The molecule has 2 aliphatic carbocycles. The molecule has 0 bridgehead atoms. The standard InChI is InChI=1S/C18H26N2O2/c1-22-12-11-19-9-10-20-17(21)16-13-18(16)8-4-6-14-5-2-3-7-15(14)18/h2-3,5,7,16,19H,4,6,8-13H2,1H3,(H,20,21). The zero-order valence-electron chi connectivity index (χ0n) is 13.4. The molecule has 0 aliphatic heterocycles. The molecule has 1 aromatic carbocycles. The maximum absolute atomic E-state index is 12.4. The molecule has 0 heterocycles. The third-order valence-corrected chi connectivity index (χ3v) is 5.10. The molecule has 1 fully saturated rings. The molecule has 1 saturated carbocycles. The van der Waals surface area contributed by atoms with Crippen LogP contribution >= 0.6 is 0 Å². The summed E-state index contributed by atoms with van der Waals surface area (Å²) in [4.78, 5) is 12.4. The SMILES string of the molecule is COCCNCCNC(=O)C1CC12CCCc1ccccc12. The number of methoxy groups -OCH3 is 1. The molecule has 0 saturated heterocycles. The van der Waals surface area contributed by atoms with E-state index < -0.39 is 0 Å². The Balaban J connectivity index is 1.50. The van der Waals surface area contributed by atoms with E-state index in [0.29, 0.717) is 13.2 Å². The van der Waals surface area contributed by atoms with Gasteiger partial charge in [0.25, 0.3) is 0 Å². The molecular formula is C18H26N2O2. The van der Waals surface area contributed by atoms with Crippen LogP contribution in [0.3, 0.4) is 0 Å². The van der Waals surface area contributed by atoms with Crippen LogP contribution in [0.2, 0.25) is 0 Å². The van der Waals surface area contributed by atoms with Crippen molar-refractivity contribution < 1.29 is 9.53 Å². The Morgan fingerprint density at radius 3 is 3.05 bits per heavy atom. The van der Waals surface area contributed by atoms with Gasteiger partial charge >= 0.3 is 0 Å². The predicted molar refractivity (Wildman–Crippen MR) is 86.9 cm³/mol. The summed E-state index contributed by atoms with van der Waals surface area (Å²) in [6, 6.07) is 8.68. The number of ether oxygens (including phenoxy) is 1. The molecule has 2 unspecified atom stereocenters. The minimum atomic E-state index is 0.141. The number of nitrogens with one attached hydrogen (secondary N) is 2. The average Bonchev–Trinajstić information content (AvgIpc) is 3.26. The van der Waals surface area contributed by atoms with Gasteiger partial charge in [-0.25, -0.2) is 0 Å². The van der Waals surface area contributed by atoms with E-state index in [1.807, 2.05) is 0 Å². The topological polar surface area (TPSA) is 50.4 Å². The maximum atomic E-state index is 12.4.